The van der Waals surface area contributed by atoms with Gasteiger partial charge in [-0.2, -0.15) is 13.2 Å². The molecule has 0 atom stereocenters. The van der Waals surface area contributed by atoms with Gasteiger partial charge in [0.1, 0.15) is 11.6 Å². The summed E-state index contributed by atoms with van der Waals surface area (Å²) < 4.78 is 40.1. The van der Waals surface area contributed by atoms with Crippen LogP contribution in [0.3, 0.4) is 0 Å². The molecule has 0 aliphatic carbocycles. The number of nitrogens with zero attached hydrogens (tertiary/aromatic N) is 3. The summed E-state index contributed by atoms with van der Waals surface area (Å²) >= 11 is 0. The summed E-state index contributed by atoms with van der Waals surface area (Å²) in [5, 5.41) is 8.36. The Kier molecular flexibility index (Phi) is 5.32. The monoisotopic (exact) mass is 374 g/mol. The average molecular weight is 374 g/mol. The maximum absolute atomic E-state index is 12.7. The molecule has 0 fully saturated rings. The lowest BCUT2D eigenvalue weighted by Gasteiger charge is -2.12. The van der Waals surface area contributed by atoms with E-state index in [9.17, 15) is 13.2 Å². The average Bonchev–Trinajstić information content (AvgIpc) is 3.04. The minimum absolute atomic E-state index is 0.226. The van der Waals surface area contributed by atoms with E-state index in [-0.39, 0.29) is 5.92 Å². The van der Waals surface area contributed by atoms with Crippen molar-refractivity contribution in [1.82, 2.24) is 14.8 Å². The van der Waals surface area contributed by atoms with Crippen molar-refractivity contribution in [3.63, 3.8) is 0 Å². The van der Waals surface area contributed by atoms with Crippen LogP contribution in [0.5, 0.6) is 0 Å². The molecular weight excluding hydrogens is 353 g/mol. The quantitative estimate of drug-likeness (QED) is 0.710. The molecule has 2 N–H and O–H groups in total. The van der Waals surface area contributed by atoms with Crippen LogP contribution in [0.2, 0.25) is 0 Å². The number of hydrogen-bond acceptors (Lipinski definition) is 3. The fourth-order valence-electron chi connectivity index (χ4n) is 2.94. The van der Waals surface area contributed by atoms with Crippen molar-refractivity contribution in [2.24, 2.45) is 5.73 Å². The van der Waals surface area contributed by atoms with Gasteiger partial charge in [0.05, 0.1) is 18.7 Å². The van der Waals surface area contributed by atoms with Crippen molar-refractivity contribution in [2.45, 2.75) is 39.0 Å². The number of hydrogen-bond donors (Lipinski definition) is 1. The van der Waals surface area contributed by atoms with E-state index in [0.29, 0.717) is 13.1 Å². The first-order chi connectivity index (χ1) is 12.8. The second-order valence-corrected chi connectivity index (χ2v) is 6.69. The number of aromatic nitrogens is 3. The van der Waals surface area contributed by atoms with E-state index in [1.54, 1.807) is 0 Å². The van der Waals surface area contributed by atoms with Gasteiger partial charge in [-0.3, -0.25) is 0 Å². The lowest BCUT2D eigenvalue weighted by Crippen LogP contribution is -2.13. The van der Waals surface area contributed by atoms with Crippen molar-refractivity contribution < 1.29 is 13.2 Å². The van der Waals surface area contributed by atoms with E-state index < -0.39 is 11.7 Å². The molecule has 142 valence electrons. The smallest absolute Gasteiger partial charge is 0.324 e. The van der Waals surface area contributed by atoms with E-state index in [2.05, 4.69) is 24.0 Å². The Morgan fingerprint density at radius 3 is 1.96 bits per heavy atom. The number of rotatable bonds is 5. The van der Waals surface area contributed by atoms with Gasteiger partial charge >= 0.3 is 6.18 Å². The predicted octanol–water partition coefficient (Wildman–Crippen LogP) is 4.59. The summed E-state index contributed by atoms with van der Waals surface area (Å²) in [5.41, 5.74) is 7.75. The van der Waals surface area contributed by atoms with Crippen molar-refractivity contribution >= 4 is 0 Å². The number of halogens is 3. The second kappa shape index (κ2) is 7.52. The molecule has 0 saturated carbocycles. The zero-order valence-electron chi connectivity index (χ0n) is 15.2. The van der Waals surface area contributed by atoms with Crippen molar-refractivity contribution in [3.05, 3.63) is 71.3 Å². The van der Waals surface area contributed by atoms with E-state index in [0.717, 1.165) is 40.5 Å². The Balaban J connectivity index is 1.81. The van der Waals surface area contributed by atoms with Crippen molar-refractivity contribution in [2.75, 3.05) is 0 Å². The Morgan fingerprint density at radius 2 is 1.48 bits per heavy atom. The van der Waals surface area contributed by atoms with Gasteiger partial charge in [-0.05, 0) is 28.8 Å². The molecule has 0 amide bonds. The van der Waals surface area contributed by atoms with Crippen molar-refractivity contribution in [3.8, 4) is 11.1 Å². The first-order valence-electron chi connectivity index (χ1n) is 8.68. The van der Waals surface area contributed by atoms with Crippen LogP contribution in [0.15, 0.2) is 48.5 Å². The lowest BCUT2D eigenvalue weighted by atomic mass is 10.0. The van der Waals surface area contributed by atoms with Crippen LogP contribution >= 0.6 is 0 Å². The van der Waals surface area contributed by atoms with Gasteiger partial charge in [-0.15, -0.1) is 10.2 Å². The minimum atomic E-state index is -4.32. The maximum Gasteiger partial charge on any atom is 0.416 e. The van der Waals surface area contributed by atoms with E-state index in [1.165, 1.54) is 12.1 Å². The van der Waals surface area contributed by atoms with Gasteiger partial charge in [0.2, 0.25) is 0 Å². The lowest BCUT2D eigenvalue weighted by molar-refractivity contribution is -0.137. The van der Waals surface area contributed by atoms with Gasteiger partial charge in [0.15, 0.2) is 0 Å². The molecule has 7 heteroatoms. The van der Waals surface area contributed by atoms with Gasteiger partial charge < -0.3 is 10.3 Å². The Bertz CT molecular complexity index is 894. The molecule has 0 saturated heterocycles. The molecule has 3 rings (SSSR count). The van der Waals surface area contributed by atoms with Gasteiger partial charge in [-0.1, -0.05) is 50.2 Å². The Hall–Kier alpha value is -2.67. The Labute approximate surface area is 155 Å². The summed E-state index contributed by atoms with van der Waals surface area (Å²) in [7, 11) is 0. The van der Waals surface area contributed by atoms with Crippen LogP contribution in [-0.4, -0.2) is 14.8 Å². The fraction of sp³-hybridized carbons (Fsp3) is 0.300. The third kappa shape index (κ3) is 4.19. The maximum atomic E-state index is 12.7. The summed E-state index contributed by atoms with van der Waals surface area (Å²) in [6.07, 6.45) is -4.32. The first-order valence-corrected chi connectivity index (χ1v) is 8.68. The summed E-state index contributed by atoms with van der Waals surface area (Å²) in [6, 6.07) is 12.9. The SMILES string of the molecule is CC(C)c1nnc(CN)n1Cc1ccc(-c2ccc(C(F)(F)F)cc2)cc1. The molecule has 1 heterocycles. The van der Waals surface area contributed by atoms with Crippen molar-refractivity contribution in [1.29, 1.82) is 0 Å². The van der Waals surface area contributed by atoms with Gasteiger partial charge in [0, 0.05) is 5.92 Å². The van der Waals surface area contributed by atoms with Gasteiger partial charge in [0.25, 0.3) is 0 Å². The van der Waals surface area contributed by atoms with Crippen LogP contribution < -0.4 is 5.73 Å². The molecule has 2 aromatic carbocycles. The fourth-order valence-corrected chi connectivity index (χ4v) is 2.94. The van der Waals surface area contributed by atoms with E-state index in [4.69, 9.17) is 5.73 Å². The van der Waals surface area contributed by atoms with Crippen LogP contribution in [0.4, 0.5) is 13.2 Å². The van der Waals surface area contributed by atoms with Crippen LogP contribution in [0, 0.1) is 0 Å². The van der Waals surface area contributed by atoms with Crippen LogP contribution in [0.25, 0.3) is 11.1 Å². The van der Waals surface area contributed by atoms with E-state index >= 15 is 0 Å². The van der Waals surface area contributed by atoms with Crippen LogP contribution in [-0.2, 0) is 19.3 Å². The highest BCUT2D eigenvalue weighted by molar-refractivity contribution is 5.64. The first kappa shape index (κ1) is 19.1. The standard InChI is InChI=1S/C20H21F3N4/c1-13(2)19-26-25-18(11-24)27(19)12-14-3-5-15(6-4-14)16-7-9-17(10-8-16)20(21,22)23/h3-10,13H,11-12,24H2,1-2H3. The molecule has 0 bridgehead atoms. The minimum Gasteiger partial charge on any atom is -0.324 e. The molecule has 0 unspecified atom stereocenters. The molecule has 0 radical (unpaired) electrons. The molecular formula is C20H21F3N4. The molecule has 4 nitrogen and oxygen atoms in total. The molecule has 3 aromatic rings. The molecule has 27 heavy (non-hydrogen) atoms. The topological polar surface area (TPSA) is 56.7 Å². The summed E-state index contributed by atoms with van der Waals surface area (Å²) in [4.78, 5) is 0. The number of benzene rings is 2. The normalized spacial score (nSPS) is 12.0. The zero-order valence-corrected chi connectivity index (χ0v) is 15.2. The van der Waals surface area contributed by atoms with E-state index in [1.807, 2.05) is 28.8 Å². The second-order valence-electron chi connectivity index (χ2n) is 6.69. The molecule has 0 spiro atoms. The highest BCUT2D eigenvalue weighted by Gasteiger charge is 2.29. The summed E-state index contributed by atoms with van der Waals surface area (Å²) in [5.74, 6) is 1.83. The Morgan fingerprint density at radius 1 is 0.926 bits per heavy atom. The molecule has 0 aliphatic rings. The zero-order chi connectivity index (χ0) is 19.6. The predicted molar refractivity (Wildman–Crippen MR) is 98.0 cm³/mol. The van der Waals surface area contributed by atoms with Crippen LogP contribution in [0.1, 0.15) is 42.5 Å². The third-order valence-corrected chi connectivity index (χ3v) is 4.40. The highest BCUT2D eigenvalue weighted by atomic mass is 19.4. The number of alkyl halides is 3. The highest BCUT2D eigenvalue weighted by Crippen LogP contribution is 2.31. The van der Waals surface area contributed by atoms with Gasteiger partial charge in [-0.25, -0.2) is 0 Å². The molecule has 1 aromatic heterocycles. The third-order valence-electron chi connectivity index (χ3n) is 4.40. The number of nitrogens with two attached hydrogens (primary N) is 1. The molecule has 0 aliphatic heterocycles. The summed E-state index contributed by atoms with van der Waals surface area (Å²) in [6.45, 7) is 5.01. The largest absolute Gasteiger partial charge is 0.416 e.